The van der Waals surface area contributed by atoms with Gasteiger partial charge in [0.2, 0.25) is 0 Å². The van der Waals surface area contributed by atoms with E-state index in [0.717, 1.165) is 37.1 Å². The molecule has 3 nitrogen and oxygen atoms in total. The zero-order valence-corrected chi connectivity index (χ0v) is 11.6. The number of hydrogen-bond acceptors (Lipinski definition) is 2. The van der Waals surface area contributed by atoms with Gasteiger partial charge >= 0.3 is 0 Å². The van der Waals surface area contributed by atoms with Gasteiger partial charge in [0.1, 0.15) is 0 Å². The molecule has 1 unspecified atom stereocenters. The van der Waals surface area contributed by atoms with Gasteiger partial charge in [-0.2, -0.15) is 0 Å². The van der Waals surface area contributed by atoms with Gasteiger partial charge in [-0.05, 0) is 50.6 Å². The minimum atomic E-state index is 0.115. The molecule has 0 aromatic heterocycles. The maximum absolute atomic E-state index is 12.4. The lowest BCUT2D eigenvalue weighted by atomic mass is 10.0. The second kappa shape index (κ2) is 5.72. The number of halogens is 1. The zero-order valence-electron chi connectivity index (χ0n) is 10.9. The van der Waals surface area contributed by atoms with Crippen LogP contribution in [-0.4, -0.2) is 37.0 Å². The average molecular weight is 267 g/mol. The smallest absolute Gasteiger partial charge is 0.254 e. The lowest BCUT2D eigenvalue weighted by molar-refractivity contribution is 0.0697. The Balaban J connectivity index is 2.15. The van der Waals surface area contributed by atoms with E-state index >= 15 is 0 Å². The second-order valence-electron chi connectivity index (χ2n) is 4.84. The van der Waals surface area contributed by atoms with Gasteiger partial charge in [-0.3, -0.25) is 4.79 Å². The zero-order chi connectivity index (χ0) is 13.1. The van der Waals surface area contributed by atoms with Gasteiger partial charge < -0.3 is 10.2 Å². The summed E-state index contributed by atoms with van der Waals surface area (Å²) in [6, 6.07) is 5.86. The summed E-state index contributed by atoms with van der Waals surface area (Å²) in [6.45, 7) is 3.56. The number of carbonyl (C=O) groups is 1. The third kappa shape index (κ3) is 2.85. The van der Waals surface area contributed by atoms with Crippen molar-refractivity contribution in [2.45, 2.75) is 25.8 Å². The van der Waals surface area contributed by atoms with Gasteiger partial charge in [0, 0.05) is 29.7 Å². The second-order valence-corrected chi connectivity index (χ2v) is 5.27. The van der Waals surface area contributed by atoms with Crippen LogP contribution in [0.3, 0.4) is 0 Å². The number of likely N-dealkylation sites (N-methyl/N-ethyl adjacent to an activating group) is 1. The molecule has 0 bridgehead atoms. The summed E-state index contributed by atoms with van der Waals surface area (Å²) in [5, 5.41) is 3.93. The van der Waals surface area contributed by atoms with Gasteiger partial charge in [-0.1, -0.05) is 11.6 Å². The molecule has 1 atom stereocenters. The first-order chi connectivity index (χ1) is 8.61. The van der Waals surface area contributed by atoms with Crippen molar-refractivity contribution in [1.82, 2.24) is 10.2 Å². The first-order valence-electron chi connectivity index (χ1n) is 6.34. The van der Waals surface area contributed by atoms with Crippen molar-refractivity contribution in [2.24, 2.45) is 0 Å². The summed E-state index contributed by atoms with van der Waals surface area (Å²) >= 11 is 5.92. The van der Waals surface area contributed by atoms with Crippen LogP contribution in [0.4, 0.5) is 0 Å². The third-order valence-corrected chi connectivity index (χ3v) is 3.77. The Morgan fingerprint density at radius 3 is 2.94 bits per heavy atom. The number of likely N-dealkylation sites (tertiary alicyclic amines) is 1. The summed E-state index contributed by atoms with van der Waals surface area (Å²) in [5.74, 6) is 0.115. The summed E-state index contributed by atoms with van der Waals surface area (Å²) in [4.78, 5) is 14.4. The van der Waals surface area contributed by atoms with E-state index in [-0.39, 0.29) is 5.91 Å². The van der Waals surface area contributed by atoms with E-state index in [0.29, 0.717) is 11.1 Å². The molecule has 0 spiro atoms. The quantitative estimate of drug-likeness (QED) is 0.892. The van der Waals surface area contributed by atoms with Crippen LogP contribution in [0.5, 0.6) is 0 Å². The predicted molar refractivity (Wildman–Crippen MR) is 74.2 cm³/mol. The van der Waals surface area contributed by atoms with E-state index in [4.69, 9.17) is 11.6 Å². The molecule has 18 heavy (non-hydrogen) atoms. The molecular weight excluding hydrogens is 248 g/mol. The number of nitrogens with zero attached hydrogens (tertiary/aromatic N) is 1. The maximum atomic E-state index is 12.4. The summed E-state index contributed by atoms with van der Waals surface area (Å²) in [6.07, 6.45) is 2.20. The SMILES string of the molecule is CNC1CCCN(C(=O)c2ccc(Cl)cc2C)C1. The van der Waals surface area contributed by atoms with Crippen molar-refractivity contribution >= 4 is 17.5 Å². The Labute approximate surface area is 113 Å². The van der Waals surface area contributed by atoms with Crippen LogP contribution >= 0.6 is 11.6 Å². The standard InChI is InChI=1S/C14H19ClN2O/c1-10-8-11(15)5-6-13(10)14(18)17-7-3-4-12(9-17)16-2/h5-6,8,12,16H,3-4,7,9H2,1-2H3. The van der Waals surface area contributed by atoms with E-state index in [1.165, 1.54) is 0 Å². The minimum absolute atomic E-state index is 0.115. The molecule has 1 amide bonds. The molecule has 1 aliphatic rings. The number of hydrogen-bond donors (Lipinski definition) is 1. The van der Waals surface area contributed by atoms with Gasteiger partial charge in [-0.25, -0.2) is 0 Å². The molecule has 1 heterocycles. The number of aryl methyl sites for hydroxylation is 1. The van der Waals surface area contributed by atoms with Crippen molar-refractivity contribution in [2.75, 3.05) is 20.1 Å². The largest absolute Gasteiger partial charge is 0.337 e. The Kier molecular flexibility index (Phi) is 4.25. The van der Waals surface area contributed by atoms with Crippen LogP contribution < -0.4 is 5.32 Å². The van der Waals surface area contributed by atoms with E-state index in [2.05, 4.69) is 5.32 Å². The highest BCUT2D eigenvalue weighted by Gasteiger charge is 2.24. The number of benzene rings is 1. The summed E-state index contributed by atoms with van der Waals surface area (Å²) in [7, 11) is 1.95. The van der Waals surface area contributed by atoms with Crippen molar-refractivity contribution in [3.63, 3.8) is 0 Å². The lowest BCUT2D eigenvalue weighted by Crippen LogP contribution is -2.47. The highest BCUT2D eigenvalue weighted by Crippen LogP contribution is 2.19. The van der Waals surface area contributed by atoms with Gasteiger partial charge in [0.05, 0.1) is 0 Å². The lowest BCUT2D eigenvalue weighted by Gasteiger charge is -2.33. The van der Waals surface area contributed by atoms with E-state index in [1.54, 1.807) is 6.07 Å². The molecule has 1 fully saturated rings. The third-order valence-electron chi connectivity index (χ3n) is 3.54. The Morgan fingerprint density at radius 1 is 1.50 bits per heavy atom. The van der Waals surface area contributed by atoms with Gasteiger partial charge in [0.15, 0.2) is 0 Å². The van der Waals surface area contributed by atoms with E-state index in [1.807, 2.05) is 31.0 Å². The highest BCUT2D eigenvalue weighted by atomic mass is 35.5. The minimum Gasteiger partial charge on any atom is -0.337 e. The fraction of sp³-hybridized carbons (Fsp3) is 0.500. The normalized spacial score (nSPS) is 19.9. The Morgan fingerprint density at radius 2 is 2.28 bits per heavy atom. The van der Waals surface area contributed by atoms with Crippen LogP contribution in [0, 0.1) is 6.92 Å². The van der Waals surface area contributed by atoms with Crippen LogP contribution in [0.2, 0.25) is 5.02 Å². The molecule has 1 aromatic rings. The Bertz CT molecular complexity index is 447. The highest BCUT2D eigenvalue weighted by molar-refractivity contribution is 6.30. The van der Waals surface area contributed by atoms with Crippen LogP contribution in [0.15, 0.2) is 18.2 Å². The van der Waals surface area contributed by atoms with Gasteiger partial charge in [0.25, 0.3) is 5.91 Å². The fourth-order valence-electron chi connectivity index (χ4n) is 2.43. The fourth-order valence-corrected chi connectivity index (χ4v) is 2.66. The molecule has 4 heteroatoms. The molecule has 0 saturated carbocycles. The summed E-state index contributed by atoms with van der Waals surface area (Å²) < 4.78 is 0. The van der Waals surface area contributed by atoms with Crippen molar-refractivity contribution in [1.29, 1.82) is 0 Å². The average Bonchev–Trinajstić information content (AvgIpc) is 2.38. The number of carbonyl (C=O) groups excluding carboxylic acids is 1. The van der Waals surface area contributed by atoms with Crippen LogP contribution in [-0.2, 0) is 0 Å². The topological polar surface area (TPSA) is 32.3 Å². The molecular formula is C14H19ClN2O. The molecule has 0 radical (unpaired) electrons. The van der Waals surface area contributed by atoms with E-state index in [9.17, 15) is 4.79 Å². The number of piperidine rings is 1. The molecule has 0 aliphatic carbocycles. The van der Waals surface area contributed by atoms with Crippen molar-refractivity contribution in [3.8, 4) is 0 Å². The van der Waals surface area contributed by atoms with Crippen LogP contribution in [0.1, 0.15) is 28.8 Å². The molecule has 98 valence electrons. The number of nitrogens with one attached hydrogen (secondary N) is 1. The summed E-state index contributed by atoms with van der Waals surface area (Å²) in [5.41, 5.74) is 1.70. The first kappa shape index (κ1) is 13.4. The van der Waals surface area contributed by atoms with Gasteiger partial charge in [-0.15, -0.1) is 0 Å². The predicted octanol–water partition coefficient (Wildman–Crippen LogP) is 2.47. The number of amides is 1. The maximum Gasteiger partial charge on any atom is 0.254 e. The van der Waals surface area contributed by atoms with Crippen molar-refractivity contribution in [3.05, 3.63) is 34.3 Å². The molecule has 1 aliphatic heterocycles. The van der Waals surface area contributed by atoms with E-state index < -0.39 is 0 Å². The molecule has 2 rings (SSSR count). The first-order valence-corrected chi connectivity index (χ1v) is 6.72. The molecule has 1 aromatic carbocycles. The van der Waals surface area contributed by atoms with Crippen LogP contribution in [0.25, 0.3) is 0 Å². The number of rotatable bonds is 2. The molecule has 1 N–H and O–H groups in total. The monoisotopic (exact) mass is 266 g/mol. The Hall–Kier alpha value is -1.06. The molecule has 1 saturated heterocycles. The van der Waals surface area contributed by atoms with Crippen molar-refractivity contribution < 1.29 is 4.79 Å².